The molecule has 0 aromatic heterocycles. The van der Waals surface area contributed by atoms with Crippen LogP contribution in [0.15, 0.2) is 4.99 Å². The minimum Gasteiger partial charge on any atom is -0.357 e. The number of rotatable bonds is 5. The molecule has 1 aliphatic carbocycles. The van der Waals surface area contributed by atoms with E-state index in [9.17, 15) is 0 Å². The highest BCUT2D eigenvalue weighted by molar-refractivity contribution is 5.79. The Morgan fingerprint density at radius 2 is 1.47 bits per heavy atom. The summed E-state index contributed by atoms with van der Waals surface area (Å²) in [5.74, 6) is 2.77. The molecule has 1 saturated carbocycles. The quantitative estimate of drug-likeness (QED) is 0.572. The second-order valence-corrected chi connectivity index (χ2v) is 5.04. The van der Waals surface area contributed by atoms with Crippen molar-refractivity contribution in [3.05, 3.63) is 0 Å². The van der Waals surface area contributed by atoms with Gasteiger partial charge in [0, 0.05) is 19.6 Å². The molecule has 1 fully saturated rings. The molecule has 0 bridgehead atoms. The molecule has 17 heavy (non-hydrogen) atoms. The van der Waals surface area contributed by atoms with Gasteiger partial charge in [-0.2, -0.15) is 0 Å². The van der Waals surface area contributed by atoms with Gasteiger partial charge in [0.05, 0.1) is 0 Å². The van der Waals surface area contributed by atoms with Gasteiger partial charge in [-0.25, -0.2) is 0 Å². The van der Waals surface area contributed by atoms with Crippen molar-refractivity contribution < 1.29 is 0 Å². The van der Waals surface area contributed by atoms with Gasteiger partial charge in [0.1, 0.15) is 0 Å². The van der Waals surface area contributed by atoms with Crippen molar-refractivity contribution in [2.75, 3.05) is 19.6 Å². The molecule has 0 amide bonds. The summed E-state index contributed by atoms with van der Waals surface area (Å²) >= 11 is 0. The molecular weight excluding hydrogens is 210 g/mol. The fourth-order valence-corrected chi connectivity index (χ4v) is 2.55. The number of hydrogen-bond acceptors (Lipinski definition) is 1. The van der Waals surface area contributed by atoms with Crippen LogP contribution in [-0.2, 0) is 0 Å². The molecule has 0 unspecified atom stereocenters. The highest BCUT2D eigenvalue weighted by atomic mass is 15.2. The second kappa shape index (κ2) is 8.37. The SMILES string of the molecule is CCNC(=NCC1CCC(CC)CC1)NCC. The van der Waals surface area contributed by atoms with Gasteiger partial charge in [-0.1, -0.05) is 26.2 Å². The van der Waals surface area contributed by atoms with Gasteiger partial charge in [-0.15, -0.1) is 0 Å². The number of nitrogens with one attached hydrogen (secondary N) is 2. The first-order chi connectivity index (χ1) is 8.30. The van der Waals surface area contributed by atoms with Crippen molar-refractivity contribution >= 4 is 5.96 Å². The molecule has 1 aliphatic rings. The molecule has 1 rings (SSSR count). The van der Waals surface area contributed by atoms with Crippen LogP contribution in [-0.4, -0.2) is 25.6 Å². The van der Waals surface area contributed by atoms with Gasteiger partial charge in [0.2, 0.25) is 0 Å². The molecule has 0 aromatic rings. The van der Waals surface area contributed by atoms with E-state index >= 15 is 0 Å². The number of nitrogens with zero attached hydrogens (tertiary/aromatic N) is 1. The van der Waals surface area contributed by atoms with E-state index in [0.717, 1.165) is 37.4 Å². The monoisotopic (exact) mass is 239 g/mol. The van der Waals surface area contributed by atoms with E-state index in [4.69, 9.17) is 0 Å². The van der Waals surface area contributed by atoms with Crippen LogP contribution in [0.5, 0.6) is 0 Å². The molecule has 0 spiro atoms. The number of guanidine groups is 1. The van der Waals surface area contributed by atoms with Crippen LogP contribution >= 0.6 is 0 Å². The molecule has 0 aromatic carbocycles. The summed E-state index contributed by atoms with van der Waals surface area (Å²) in [5.41, 5.74) is 0. The van der Waals surface area contributed by atoms with Crippen LogP contribution in [0, 0.1) is 11.8 Å². The van der Waals surface area contributed by atoms with Gasteiger partial charge in [-0.05, 0) is 38.5 Å². The first kappa shape index (κ1) is 14.3. The third-order valence-corrected chi connectivity index (χ3v) is 3.74. The average molecular weight is 239 g/mol. The van der Waals surface area contributed by atoms with Crippen LogP contribution in [0.3, 0.4) is 0 Å². The fourth-order valence-electron chi connectivity index (χ4n) is 2.55. The summed E-state index contributed by atoms with van der Waals surface area (Å²) < 4.78 is 0. The van der Waals surface area contributed by atoms with E-state index < -0.39 is 0 Å². The van der Waals surface area contributed by atoms with Gasteiger partial charge in [0.15, 0.2) is 5.96 Å². The molecule has 0 atom stereocenters. The van der Waals surface area contributed by atoms with Crippen LogP contribution in [0.25, 0.3) is 0 Å². The maximum atomic E-state index is 4.67. The van der Waals surface area contributed by atoms with E-state index in [1.54, 1.807) is 0 Å². The highest BCUT2D eigenvalue weighted by Crippen LogP contribution is 2.30. The van der Waals surface area contributed by atoms with E-state index in [1.807, 2.05) is 0 Å². The zero-order valence-electron chi connectivity index (χ0n) is 11.8. The predicted octanol–water partition coefficient (Wildman–Crippen LogP) is 2.78. The van der Waals surface area contributed by atoms with E-state index in [0.29, 0.717) is 0 Å². The Kier molecular flexibility index (Phi) is 7.06. The minimum absolute atomic E-state index is 0.810. The van der Waals surface area contributed by atoms with Crippen LogP contribution in [0.4, 0.5) is 0 Å². The fraction of sp³-hybridized carbons (Fsp3) is 0.929. The molecular formula is C14H29N3. The first-order valence-corrected chi connectivity index (χ1v) is 7.32. The topological polar surface area (TPSA) is 36.4 Å². The third-order valence-electron chi connectivity index (χ3n) is 3.74. The zero-order valence-corrected chi connectivity index (χ0v) is 11.8. The highest BCUT2D eigenvalue weighted by Gasteiger charge is 2.19. The van der Waals surface area contributed by atoms with E-state index in [1.165, 1.54) is 32.1 Å². The van der Waals surface area contributed by atoms with Crippen LogP contribution in [0.1, 0.15) is 52.9 Å². The first-order valence-electron chi connectivity index (χ1n) is 7.32. The Morgan fingerprint density at radius 1 is 0.941 bits per heavy atom. The van der Waals surface area contributed by atoms with Gasteiger partial charge >= 0.3 is 0 Å². The van der Waals surface area contributed by atoms with Crippen molar-refractivity contribution in [2.24, 2.45) is 16.8 Å². The lowest BCUT2D eigenvalue weighted by molar-refractivity contribution is 0.274. The molecule has 0 saturated heterocycles. The standard InChI is InChI=1S/C14H29N3/c1-4-12-7-9-13(10-8-12)11-17-14(15-5-2)16-6-3/h12-13H,4-11H2,1-3H3,(H2,15,16,17). The van der Waals surface area contributed by atoms with Crippen molar-refractivity contribution in [3.63, 3.8) is 0 Å². The van der Waals surface area contributed by atoms with Crippen LogP contribution < -0.4 is 10.6 Å². The van der Waals surface area contributed by atoms with Crippen LogP contribution in [0.2, 0.25) is 0 Å². The average Bonchev–Trinajstić information content (AvgIpc) is 2.37. The van der Waals surface area contributed by atoms with Crippen molar-refractivity contribution in [3.8, 4) is 0 Å². The second-order valence-electron chi connectivity index (χ2n) is 5.04. The summed E-state index contributed by atoms with van der Waals surface area (Å²) in [7, 11) is 0. The maximum absolute atomic E-state index is 4.67. The molecule has 2 N–H and O–H groups in total. The molecule has 0 aliphatic heterocycles. The van der Waals surface area contributed by atoms with Crippen molar-refractivity contribution in [1.82, 2.24) is 10.6 Å². The Labute approximate surface area is 106 Å². The Balaban J connectivity index is 2.30. The largest absolute Gasteiger partial charge is 0.357 e. The molecule has 3 heteroatoms. The summed E-state index contributed by atoms with van der Waals surface area (Å²) in [6.45, 7) is 9.41. The Hall–Kier alpha value is -0.730. The Bertz CT molecular complexity index is 210. The molecule has 100 valence electrons. The molecule has 0 heterocycles. The van der Waals surface area contributed by atoms with Crippen molar-refractivity contribution in [2.45, 2.75) is 52.9 Å². The zero-order chi connectivity index (χ0) is 12.5. The lowest BCUT2D eigenvalue weighted by Crippen LogP contribution is -2.37. The van der Waals surface area contributed by atoms with Gasteiger partial charge in [0.25, 0.3) is 0 Å². The summed E-state index contributed by atoms with van der Waals surface area (Å²) in [6.07, 6.45) is 6.92. The van der Waals surface area contributed by atoms with Crippen molar-refractivity contribution in [1.29, 1.82) is 0 Å². The molecule has 0 radical (unpaired) electrons. The molecule has 3 nitrogen and oxygen atoms in total. The number of aliphatic imine (C=N–C) groups is 1. The maximum Gasteiger partial charge on any atom is 0.191 e. The summed E-state index contributed by atoms with van der Waals surface area (Å²) in [4.78, 5) is 4.67. The van der Waals surface area contributed by atoms with E-state index in [-0.39, 0.29) is 0 Å². The predicted molar refractivity (Wildman–Crippen MR) is 75.4 cm³/mol. The van der Waals surface area contributed by atoms with E-state index in [2.05, 4.69) is 36.4 Å². The summed E-state index contributed by atoms with van der Waals surface area (Å²) in [6, 6.07) is 0. The summed E-state index contributed by atoms with van der Waals surface area (Å²) in [5, 5.41) is 6.56. The van der Waals surface area contributed by atoms with Gasteiger partial charge in [-0.3, -0.25) is 4.99 Å². The lowest BCUT2D eigenvalue weighted by atomic mass is 9.81. The van der Waals surface area contributed by atoms with Gasteiger partial charge < -0.3 is 10.6 Å². The Morgan fingerprint density at radius 3 is 1.94 bits per heavy atom. The smallest absolute Gasteiger partial charge is 0.191 e. The minimum atomic E-state index is 0.810. The number of hydrogen-bond donors (Lipinski definition) is 2. The third kappa shape index (κ3) is 5.42. The lowest BCUT2D eigenvalue weighted by Gasteiger charge is -2.26. The normalized spacial score (nSPS) is 24.2.